The quantitative estimate of drug-likeness (QED) is 0.403. The van der Waals surface area contributed by atoms with Crippen molar-refractivity contribution in [1.82, 2.24) is 9.97 Å². The van der Waals surface area contributed by atoms with E-state index in [1.165, 1.54) is 18.2 Å². The number of benzene rings is 3. The van der Waals surface area contributed by atoms with E-state index in [4.69, 9.17) is 26.8 Å². The van der Waals surface area contributed by atoms with E-state index >= 15 is 0 Å². The second-order valence-corrected chi connectivity index (χ2v) is 7.33. The highest BCUT2D eigenvalue weighted by molar-refractivity contribution is 6.31. The van der Waals surface area contributed by atoms with Crippen LogP contribution in [0.5, 0.6) is 17.2 Å². The molecule has 6 nitrogen and oxygen atoms in total. The summed E-state index contributed by atoms with van der Waals surface area (Å²) < 4.78 is 24.1. The fourth-order valence-corrected chi connectivity index (χ4v) is 3.41. The van der Waals surface area contributed by atoms with Crippen molar-refractivity contribution in [1.29, 1.82) is 0 Å². The van der Waals surface area contributed by atoms with Gasteiger partial charge >= 0.3 is 0 Å². The molecule has 0 aliphatic heterocycles. The molecule has 162 valence electrons. The Kier molecular flexibility index (Phi) is 6.09. The van der Waals surface area contributed by atoms with Crippen LogP contribution in [-0.4, -0.2) is 22.2 Å². The van der Waals surface area contributed by atoms with Crippen molar-refractivity contribution in [2.75, 3.05) is 12.8 Å². The number of hydrogen-bond donors (Lipinski definition) is 2. The molecule has 8 heteroatoms. The van der Waals surface area contributed by atoms with Crippen LogP contribution >= 0.6 is 11.6 Å². The lowest BCUT2D eigenvalue weighted by molar-refractivity contribution is 0.304. The first-order valence-corrected chi connectivity index (χ1v) is 9.99. The van der Waals surface area contributed by atoms with E-state index < -0.39 is 5.82 Å². The summed E-state index contributed by atoms with van der Waals surface area (Å²) in [7, 11) is 1.60. The highest BCUT2D eigenvalue weighted by Gasteiger charge is 2.15. The molecule has 3 N–H and O–H groups in total. The van der Waals surface area contributed by atoms with Gasteiger partial charge in [-0.25, -0.2) is 14.4 Å². The lowest BCUT2D eigenvalue weighted by atomic mass is 10.00. The summed E-state index contributed by atoms with van der Waals surface area (Å²) in [6, 6.07) is 16.3. The molecule has 4 rings (SSSR count). The average Bonchev–Trinajstić information content (AvgIpc) is 2.79. The third kappa shape index (κ3) is 4.58. The highest BCUT2D eigenvalue weighted by Crippen LogP contribution is 2.38. The predicted octanol–water partition coefficient (Wildman–Crippen LogP) is 5.48. The fraction of sp³-hybridized carbons (Fsp3) is 0.0833. The minimum atomic E-state index is -0.419. The summed E-state index contributed by atoms with van der Waals surface area (Å²) >= 11 is 6.04. The predicted molar refractivity (Wildman–Crippen MR) is 121 cm³/mol. The zero-order valence-electron chi connectivity index (χ0n) is 17.0. The number of phenols is 1. The fourth-order valence-electron chi connectivity index (χ4n) is 3.18. The van der Waals surface area contributed by atoms with Crippen molar-refractivity contribution in [2.45, 2.75) is 6.61 Å². The Morgan fingerprint density at radius 2 is 1.75 bits per heavy atom. The normalized spacial score (nSPS) is 10.7. The van der Waals surface area contributed by atoms with Crippen LogP contribution in [0.2, 0.25) is 5.02 Å². The first kappa shape index (κ1) is 21.4. The SMILES string of the molecule is COc1ccc(-c2cnc(N)nc2-c2ccc(OCc3ccc(F)cc3Cl)cc2O)cc1. The van der Waals surface area contributed by atoms with E-state index in [9.17, 15) is 9.50 Å². The summed E-state index contributed by atoms with van der Waals surface area (Å²) in [5.41, 5.74) is 8.93. The van der Waals surface area contributed by atoms with Gasteiger partial charge in [0.15, 0.2) is 0 Å². The standard InChI is InChI=1S/C24H19ClFN3O3/c1-31-17-6-3-14(4-7-17)20-12-28-24(27)29-23(20)19-9-8-18(11-22(19)30)32-13-15-2-5-16(26)10-21(15)25/h2-12,30H,13H2,1H3,(H2,27,28,29). The highest BCUT2D eigenvalue weighted by atomic mass is 35.5. The molecule has 0 atom stereocenters. The van der Waals surface area contributed by atoms with E-state index in [0.717, 1.165) is 11.3 Å². The minimum absolute atomic E-state index is 0.0411. The Hall–Kier alpha value is -3.84. The molecule has 0 saturated carbocycles. The molecule has 0 amide bonds. The number of rotatable bonds is 6. The molecular formula is C24H19ClFN3O3. The maximum atomic E-state index is 13.2. The topological polar surface area (TPSA) is 90.5 Å². The minimum Gasteiger partial charge on any atom is -0.507 e. The van der Waals surface area contributed by atoms with Crippen LogP contribution in [0.15, 0.2) is 66.9 Å². The number of ether oxygens (including phenoxy) is 2. The molecule has 0 aliphatic rings. The maximum absolute atomic E-state index is 13.2. The van der Waals surface area contributed by atoms with Crippen LogP contribution in [0.3, 0.4) is 0 Å². The zero-order valence-corrected chi connectivity index (χ0v) is 17.8. The average molecular weight is 452 g/mol. The number of halogens is 2. The van der Waals surface area contributed by atoms with E-state index in [0.29, 0.717) is 28.1 Å². The van der Waals surface area contributed by atoms with E-state index in [1.807, 2.05) is 24.3 Å². The van der Waals surface area contributed by atoms with Gasteiger partial charge < -0.3 is 20.3 Å². The monoisotopic (exact) mass is 451 g/mol. The molecule has 0 fully saturated rings. The van der Waals surface area contributed by atoms with Gasteiger partial charge in [-0.3, -0.25) is 0 Å². The van der Waals surface area contributed by atoms with Crippen LogP contribution in [-0.2, 0) is 6.61 Å². The molecule has 0 saturated heterocycles. The number of phenolic OH excluding ortho intramolecular Hbond substituents is 1. The molecule has 0 spiro atoms. The van der Waals surface area contributed by atoms with Crippen molar-refractivity contribution >= 4 is 17.5 Å². The summed E-state index contributed by atoms with van der Waals surface area (Å²) in [6.45, 7) is 0.120. The van der Waals surface area contributed by atoms with Gasteiger partial charge in [0.2, 0.25) is 5.95 Å². The Morgan fingerprint density at radius 3 is 2.44 bits per heavy atom. The van der Waals surface area contributed by atoms with Crippen molar-refractivity contribution in [3.8, 4) is 39.6 Å². The molecular weight excluding hydrogens is 433 g/mol. The Morgan fingerprint density at radius 1 is 1.00 bits per heavy atom. The van der Waals surface area contributed by atoms with Crippen LogP contribution in [0.1, 0.15) is 5.56 Å². The first-order chi connectivity index (χ1) is 15.4. The van der Waals surface area contributed by atoms with Crippen molar-refractivity contribution in [3.05, 3.63) is 83.3 Å². The number of aromatic nitrogens is 2. The number of anilines is 1. The number of nitrogens with two attached hydrogens (primary N) is 1. The van der Waals surface area contributed by atoms with Gasteiger partial charge in [-0.15, -0.1) is 0 Å². The van der Waals surface area contributed by atoms with Gasteiger partial charge in [0.25, 0.3) is 0 Å². The number of hydrogen-bond acceptors (Lipinski definition) is 6. The first-order valence-electron chi connectivity index (χ1n) is 9.61. The number of nitrogens with zero attached hydrogens (tertiary/aromatic N) is 2. The number of nitrogen functional groups attached to an aromatic ring is 1. The van der Waals surface area contributed by atoms with Crippen molar-refractivity contribution < 1.29 is 19.0 Å². The van der Waals surface area contributed by atoms with Gasteiger partial charge in [-0.05, 0) is 42.0 Å². The van der Waals surface area contributed by atoms with Crippen LogP contribution in [0.4, 0.5) is 10.3 Å². The largest absolute Gasteiger partial charge is 0.507 e. The molecule has 0 bridgehead atoms. The van der Waals surface area contributed by atoms with Crippen LogP contribution < -0.4 is 15.2 Å². The van der Waals surface area contributed by atoms with E-state index in [2.05, 4.69) is 9.97 Å². The Labute approximate surface area is 189 Å². The summed E-state index contributed by atoms with van der Waals surface area (Å²) in [6.07, 6.45) is 1.61. The molecule has 4 aromatic rings. The van der Waals surface area contributed by atoms with Crippen molar-refractivity contribution in [2.24, 2.45) is 0 Å². The summed E-state index contributed by atoms with van der Waals surface area (Å²) in [4.78, 5) is 8.45. The summed E-state index contributed by atoms with van der Waals surface area (Å²) in [5.74, 6) is 0.762. The van der Waals surface area contributed by atoms with Gasteiger partial charge in [-0.1, -0.05) is 29.8 Å². The molecule has 1 aromatic heterocycles. The maximum Gasteiger partial charge on any atom is 0.220 e. The van der Waals surface area contributed by atoms with Gasteiger partial charge in [0, 0.05) is 29.0 Å². The number of methoxy groups -OCH3 is 1. The van der Waals surface area contributed by atoms with Gasteiger partial charge in [0.05, 0.1) is 17.8 Å². The van der Waals surface area contributed by atoms with Crippen LogP contribution in [0.25, 0.3) is 22.4 Å². The molecule has 1 heterocycles. The Balaban J connectivity index is 1.63. The molecule has 0 radical (unpaired) electrons. The van der Waals surface area contributed by atoms with Crippen molar-refractivity contribution in [3.63, 3.8) is 0 Å². The van der Waals surface area contributed by atoms with E-state index in [1.54, 1.807) is 31.5 Å². The van der Waals surface area contributed by atoms with Crippen LogP contribution in [0, 0.1) is 5.82 Å². The second kappa shape index (κ2) is 9.11. The smallest absolute Gasteiger partial charge is 0.220 e. The second-order valence-electron chi connectivity index (χ2n) is 6.92. The lowest BCUT2D eigenvalue weighted by Crippen LogP contribution is -2.00. The summed E-state index contributed by atoms with van der Waals surface area (Å²) in [5, 5.41) is 11.0. The van der Waals surface area contributed by atoms with Gasteiger partial charge in [0.1, 0.15) is 29.7 Å². The third-order valence-corrected chi connectivity index (χ3v) is 5.19. The molecule has 0 unspecified atom stereocenters. The molecule has 32 heavy (non-hydrogen) atoms. The molecule has 0 aliphatic carbocycles. The Bertz CT molecular complexity index is 1270. The molecule has 3 aromatic carbocycles. The van der Waals surface area contributed by atoms with E-state index in [-0.39, 0.29) is 23.3 Å². The zero-order chi connectivity index (χ0) is 22.7. The van der Waals surface area contributed by atoms with Gasteiger partial charge in [-0.2, -0.15) is 0 Å². The lowest BCUT2D eigenvalue weighted by Gasteiger charge is -2.13. The number of aromatic hydroxyl groups is 1. The third-order valence-electron chi connectivity index (χ3n) is 4.84.